The van der Waals surface area contributed by atoms with Gasteiger partial charge in [-0.15, -0.1) is 0 Å². The molecule has 0 amide bonds. The van der Waals surface area contributed by atoms with Crippen LogP contribution in [0, 0.1) is 0 Å². The van der Waals surface area contributed by atoms with E-state index in [9.17, 15) is 4.79 Å². The molecule has 5 nitrogen and oxygen atoms in total. The molecule has 1 aromatic carbocycles. The number of rotatable bonds is 3. The smallest absolute Gasteiger partial charge is 0.253 e. The topological polar surface area (TPSA) is 74.4 Å². The number of ether oxygens (including phenoxy) is 1. The maximum Gasteiger partial charge on any atom is 0.253 e. The molecule has 100 valence electrons. The highest BCUT2D eigenvalue weighted by atomic mass is 16.5. The summed E-state index contributed by atoms with van der Waals surface area (Å²) >= 11 is 0. The summed E-state index contributed by atoms with van der Waals surface area (Å²) in [5.74, 6) is 0.697. The van der Waals surface area contributed by atoms with Crippen molar-refractivity contribution < 1.29 is 9.84 Å². The van der Waals surface area contributed by atoms with E-state index in [0.717, 1.165) is 41.5 Å². The molecule has 5 heteroatoms. The fourth-order valence-electron chi connectivity index (χ4n) is 2.49. The van der Waals surface area contributed by atoms with Crippen LogP contribution in [0.4, 0.5) is 5.69 Å². The van der Waals surface area contributed by atoms with Crippen molar-refractivity contribution in [1.82, 2.24) is 4.98 Å². The Morgan fingerprint density at radius 1 is 1.37 bits per heavy atom. The Labute approximate surface area is 110 Å². The van der Waals surface area contributed by atoms with Gasteiger partial charge in [0.15, 0.2) is 0 Å². The number of nitrogens with one attached hydrogen (secondary N) is 2. The Morgan fingerprint density at radius 2 is 2.26 bits per heavy atom. The summed E-state index contributed by atoms with van der Waals surface area (Å²) in [6, 6.07) is 5.53. The van der Waals surface area contributed by atoms with Crippen LogP contribution in [0.2, 0.25) is 0 Å². The van der Waals surface area contributed by atoms with Crippen LogP contribution in [0.15, 0.2) is 23.0 Å². The van der Waals surface area contributed by atoms with Gasteiger partial charge in [-0.3, -0.25) is 4.79 Å². The zero-order valence-electron chi connectivity index (χ0n) is 10.5. The quantitative estimate of drug-likeness (QED) is 0.776. The van der Waals surface area contributed by atoms with E-state index in [1.54, 1.807) is 6.07 Å². The highest BCUT2D eigenvalue weighted by Gasteiger charge is 2.16. The second kappa shape index (κ2) is 4.93. The number of anilines is 1. The molecule has 1 aromatic heterocycles. The highest BCUT2D eigenvalue weighted by Crippen LogP contribution is 2.30. The van der Waals surface area contributed by atoms with Crippen molar-refractivity contribution in [2.75, 3.05) is 25.1 Å². The molecule has 0 fully saturated rings. The summed E-state index contributed by atoms with van der Waals surface area (Å²) in [6.45, 7) is 1.14. The van der Waals surface area contributed by atoms with E-state index in [2.05, 4.69) is 10.3 Å². The second-order valence-corrected chi connectivity index (χ2v) is 4.62. The maximum atomic E-state index is 12.0. The van der Waals surface area contributed by atoms with Crippen molar-refractivity contribution >= 4 is 16.6 Å². The molecule has 19 heavy (non-hydrogen) atoms. The van der Waals surface area contributed by atoms with Gasteiger partial charge in [-0.2, -0.15) is 0 Å². The van der Waals surface area contributed by atoms with Gasteiger partial charge in [-0.05, 0) is 31.0 Å². The molecule has 0 radical (unpaired) electrons. The number of aliphatic hydroxyl groups excluding tert-OH is 1. The summed E-state index contributed by atoms with van der Waals surface area (Å²) in [6.07, 6.45) is 1.78. The fourth-order valence-corrected chi connectivity index (χ4v) is 2.49. The van der Waals surface area contributed by atoms with Gasteiger partial charge in [-0.1, -0.05) is 0 Å². The zero-order chi connectivity index (χ0) is 13.2. The Bertz CT molecular complexity index is 664. The van der Waals surface area contributed by atoms with Crippen molar-refractivity contribution in [2.45, 2.75) is 12.8 Å². The first kappa shape index (κ1) is 12.0. The van der Waals surface area contributed by atoms with Gasteiger partial charge in [-0.25, -0.2) is 0 Å². The van der Waals surface area contributed by atoms with E-state index < -0.39 is 0 Å². The van der Waals surface area contributed by atoms with E-state index in [-0.39, 0.29) is 18.8 Å². The van der Waals surface area contributed by atoms with Crippen LogP contribution in [0.5, 0.6) is 5.75 Å². The van der Waals surface area contributed by atoms with Crippen molar-refractivity contribution in [1.29, 1.82) is 0 Å². The molecule has 1 aliphatic heterocycles. The number of hydrogen-bond donors (Lipinski definition) is 3. The van der Waals surface area contributed by atoms with Crippen LogP contribution in [-0.4, -0.2) is 29.8 Å². The molecular formula is C14H16N2O3. The molecule has 0 saturated heterocycles. The first-order valence-electron chi connectivity index (χ1n) is 6.46. The number of pyridine rings is 1. The normalized spacial score (nSPS) is 13.9. The third kappa shape index (κ3) is 2.17. The SMILES string of the molecule is O=c1[nH]c2ccc(OCCO)cc2c2c1CCCN2. The van der Waals surface area contributed by atoms with Crippen molar-refractivity contribution in [3.63, 3.8) is 0 Å². The lowest BCUT2D eigenvalue weighted by Crippen LogP contribution is -2.22. The lowest BCUT2D eigenvalue weighted by Gasteiger charge is -2.19. The molecule has 0 spiro atoms. The first-order chi connectivity index (χ1) is 9.29. The van der Waals surface area contributed by atoms with E-state index in [1.165, 1.54) is 0 Å². The summed E-state index contributed by atoms with van der Waals surface area (Å²) in [5, 5.41) is 13.1. The summed E-state index contributed by atoms with van der Waals surface area (Å²) in [7, 11) is 0. The zero-order valence-corrected chi connectivity index (χ0v) is 10.5. The number of H-pyrrole nitrogens is 1. The Hall–Kier alpha value is -2.01. The minimum atomic E-state index is -0.0151. The number of aromatic nitrogens is 1. The van der Waals surface area contributed by atoms with Gasteiger partial charge in [0, 0.05) is 17.5 Å². The van der Waals surface area contributed by atoms with Crippen LogP contribution >= 0.6 is 0 Å². The third-order valence-electron chi connectivity index (χ3n) is 3.35. The van der Waals surface area contributed by atoms with E-state index in [4.69, 9.17) is 9.84 Å². The van der Waals surface area contributed by atoms with Crippen LogP contribution in [0.3, 0.4) is 0 Å². The molecule has 0 saturated carbocycles. The van der Waals surface area contributed by atoms with Crippen LogP contribution in [0.25, 0.3) is 10.9 Å². The molecule has 2 aromatic rings. The number of hydrogen-bond acceptors (Lipinski definition) is 4. The Kier molecular flexibility index (Phi) is 3.13. The largest absolute Gasteiger partial charge is 0.491 e. The lowest BCUT2D eigenvalue weighted by molar-refractivity contribution is 0.201. The molecule has 0 aliphatic carbocycles. The number of benzene rings is 1. The molecule has 3 N–H and O–H groups in total. The number of aromatic amines is 1. The number of aliphatic hydroxyl groups is 1. The average Bonchev–Trinajstić information content (AvgIpc) is 2.46. The van der Waals surface area contributed by atoms with Crippen LogP contribution in [0.1, 0.15) is 12.0 Å². The minimum absolute atomic E-state index is 0.0139. The molecular weight excluding hydrogens is 244 g/mol. The Morgan fingerprint density at radius 3 is 3.11 bits per heavy atom. The molecule has 0 atom stereocenters. The Balaban J connectivity index is 2.15. The second-order valence-electron chi connectivity index (χ2n) is 4.62. The van der Waals surface area contributed by atoms with Gasteiger partial charge in [0.05, 0.1) is 17.8 Å². The summed E-state index contributed by atoms with van der Waals surface area (Å²) in [5.41, 5.74) is 2.52. The first-order valence-corrected chi connectivity index (χ1v) is 6.46. The third-order valence-corrected chi connectivity index (χ3v) is 3.35. The molecule has 3 rings (SSSR count). The van der Waals surface area contributed by atoms with Crippen molar-refractivity contribution in [2.24, 2.45) is 0 Å². The van der Waals surface area contributed by atoms with Gasteiger partial charge in [0.25, 0.3) is 5.56 Å². The predicted octanol–water partition coefficient (Wildman–Crippen LogP) is 1.26. The highest BCUT2D eigenvalue weighted by molar-refractivity contribution is 5.94. The van der Waals surface area contributed by atoms with E-state index >= 15 is 0 Å². The average molecular weight is 260 g/mol. The molecule has 0 unspecified atom stereocenters. The van der Waals surface area contributed by atoms with E-state index in [0.29, 0.717) is 5.75 Å². The minimum Gasteiger partial charge on any atom is -0.491 e. The van der Waals surface area contributed by atoms with Gasteiger partial charge < -0.3 is 20.1 Å². The van der Waals surface area contributed by atoms with Gasteiger partial charge in [0.2, 0.25) is 0 Å². The summed E-state index contributed by atoms with van der Waals surface area (Å²) < 4.78 is 5.41. The fraction of sp³-hybridized carbons (Fsp3) is 0.357. The van der Waals surface area contributed by atoms with Crippen molar-refractivity contribution in [3.05, 3.63) is 34.1 Å². The lowest BCUT2D eigenvalue weighted by atomic mass is 10.0. The van der Waals surface area contributed by atoms with Crippen LogP contribution in [-0.2, 0) is 6.42 Å². The maximum absolute atomic E-state index is 12.0. The standard InChI is InChI=1S/C14H16N2O3/c17-6-7-19-9-3-4-12-11(8-9)13-10(14(18)16-12)2-1-5-15-13/h3-4,8,15,17H,1-2,5-7H2,(H,16,18). The van der Waals surface area contributed by atoms with Crippen LogP contribution < -0.4 is 15.6 Å². The van der Waals surface area contributed by atoms with E-state index in [1.807, 2.05) is 12.1 Å². The molecule has 1 aliphatic rings. The molecule has 2 heterocycles. The van der Waals surface area contributed by atoms with Gasteiger partial charge >= 0.3 is 0 Å². The van der Waals surface area contributed by atoms with Gasteiger partial charge in [0.1, 0.15) is 12.4 Å². The molecule has 0 bridgehead atoms. The predicted molar refractivity (Wildman–Crippen MR) is 74.0 cm³/mol. The number of fused-ring (bicyclic) bond motifs is 3. The summed E-state index contributed by atoms with van der Waals surface area (Å²) in [4.78, 5) is 14.9. The monoisotopic (exact) mass is 260 g/mol. The van der Waals surface area contributed by atoms with Crippen molar-refractivity contribution in [3.8, 4) is 5.75 Å².